The summed E-state index contributed by atoms with van der Waals surface area (Å²) in [5, 5.41) is 12.7. The SMILES string of the molecule is CC(N)CCCC(C)C(=O)NCC(O)CC(C)(C)C. The van der Waals surface area contributed by atoms with Crippen LogP contribution in [0.25, 0.3) is 0 Å². The summed E-state index contributed by atoms with van der Waals surface area (Å²) >= 11 is 0. The number of aliphatic hydroxyl groups is 1. The lowest BCUT2D eigenvalue weighted by Crippen LogP contribution is -2.37. The fourth-order valence-corrected chi connectivity index (χ4v) is 2.05. The van der Waals surface area contributed by atoms with Gasteiger partial charge < -0.3 is 16.2 Å². The average Bonchev–Trinajstić information content (AvgIpc) is 2.22. The van der Waals surface area contributed by atoms with E-state index < -0.39 is 6.10 Å². The van der Waals surface area contributed by atoms with Crippen LogP contribution in [-0.2, 0) is 4.79 Å². The monoisotopic (exact) mass is 272 g/mol. The Morgan fingerprint density at radius 1 is 1.26 bits per heavy atom. The van der Waals surface area contributed by atoms with Gasteiger partial charge in [0.25, 0.3) is 0 Å². The third kappa shape index (κ3) is 11.0. The molecule has 0 fully saturated rings. The highest BCUT2D eigenvalue weighted by atomic mass is 16.3. The van der Waals surface area contributed by atoms with E-state index in [9.17, 15) is 9.90 Å². The first-order valence-electron chi connectivity index (χ1n) is 7.33. The second-order valence-corrected chi connectivity index (χ2v) is 6.97. The minimum absolute atomic E-state index is 0.0133. The predicted molar refractivity (Wildman–Crippen MR) is 79.8 cm³/mol. The third-order valence-corrected chi connectivity index (χ3v) is 3.10. The molecule has 0 saturated heterocycles. The zero-order valence-electron chi connectivity index (χ0n) is 13.2. The van der Waals surface area contributed by atoms with E-state index in [0.29, 0.717) is 13.0 Å². The Balaban J connectivity index is 3.84. The van der Waals surface area contributed by atoms with Crippen LogP contribution < -0.4 is 11.1 Å². The molecule has 19 heavy (non-hydrogen) atoms. The maximum absolute atomic E-state index is 11.8. The Morgan fingerprint density at radius 2 is 1.84 bits per heavy atom. The zero-order valence-corrected chi connectivity index (χ0v) is 13.2. The van der Waals surface area contributed by atoms with E-state index in [2.05, 4.69) is 26.1 Å². The molecule has 3 unspecified atom stereocenters. The molecule has 4 nitrogen and oxygen atoms in total. The standard InChI is InChI=1S/C15H32N2O2/c1-11(7-6-8-12(2)16)14(19)17-10-13(18)9-15(3,4)5/h11-13,18H,6-10,16H2,1-5H3,(H,17,19). The summed E-state index contributed by atoms with van der Waals surface area (Å²) in [6.07, 6.45) is 2.98. The van der Waals surface area contributed by atoms with Gasteiger partial charge >= 0.3 is 0 Å². The highest BCUT2D eigenvalue weighted by Crippen LogP contribution is 2.20. The second kappa shape index (κ2) is 8.54. The number of amides is 1. The van der Waals surface area contributed by atoms with E-state index in [1.807, 2.05) is 13.8 Å². The van der Waals surface area contributed by atoms with Gasteiger partial charge in [-0.15, -0.1) is 0 Å². The zero-order chi connectivity index (χ0) is 15.1. The molecular weight excluding hydrogens is 240 g/mol. The molecular formula is C15H32N2O2. The van der Waals surface area contributed by atoms with Crippen molar-refractivity contribution < 1.29 is 9.90 Å². The smallest absolute Gasteiger partial charge is 0.222 e. The van der Waals surface area contributed by atoms with Gasteiger partial charge in [-0.05, 0) is 31.6 Å². The van der Waals surface area contributed by atoms with E-state index in [-0.39, 0.29) is 23.3 Å². The van der Waals surface area contributed by atoms with E-state index in [1.165, 1.54) is 0 Å². The fraction of sp³-hybridized carbons (Fsp3) is 0.933. The molecule has 3 atom stereocenters. The molecule has 0 aromatic heterocycles. The first-order chi connectivity index (χ1) is 8.61. The number of nitrogens with one attached hydrogen (secondary N) is 1. The van der Waals surface area contributed by atoms with Crippen molar-refractivity contribution in [2.45, 2.75) is 72.4 Å². The van der Waals surface area contributed by atoms with Crippen LogP contribution in [0.2, 0.25) is 0 Å². The molecule has 0 aromatic rings. The van der Waals surface area contributed by atoms with Gasteiger partial charge in [-0.3, -0.25) is 4.79 Å². The van der Waals surface area contributed by atoms with Gasteiger partial charge in [-0.25, -0.2) is 0 Å². The number of rotatable bonds is 8. The molecule has 0 aliphatic carbocycles. The maximum Gasteiger partial charge on any atom is 0.222 e. The Hall–Kier alpha value is -0.610. The summed E-state index contributed by atoms with van der Waals surface area (Å²) in [4.78, 5) is 11.8. The van der Waals surface area contributed by atoms with Crippen molar-refractivity contribution in [3.63, 3.8) is 0 Å². The van der Waals surface area contributed by atoms with Gasteiger partial charge in [-0.1, -0.05) is 34.1 Å². The molecule has 0 aromatic carbocycles. The van der Waals surface area contributed by atoms with E-state index in [4.69, 9.17) is 5.73 Å². The lowest BCUT2D eigenvalue weighted by molar-refractivity contribution is -0.125. The molecule has 0 bridgehead atoms. The molecule has 0 radical (unpaired) electrons. The number of hydrogen-bond acceptors (Lipinski definition) is 3. The first-order valence-corrected chi connectivity index (χ1v) is 7.33. The average molecular weight is 272 g/mol. The van der Waals surface area contributed by atoms with Gasteiger partial charge in [-0.2, -0.15) is 0 Å². The van der Waals surface area contributed by atoms with Crippen LogP contribution in [0.15, 0.2) is 0 Å². The molecule has 4 heteroatoms. The van der Waals surface area contributed by atoms with Crippen LogP contribution in [0.5, 0.6) is 0 Å². The molecule has 0 rings (SSSR count). The number of carbonyl (C=O) groups excluding carboxylic acids is 1. The van der Waals surface area contributed by atoms with Crippen LogP contribution in [0.1, 0.15) is 60.3 Å². The van der Waals surface area contributed by atoms with Gasteiger partial charge in [0.1, 0.15) is 0 Å². The largest absolute Gasteiger partial charge is 0.391 e. The summed E-state index contributed by atoms with van der Waals surface area (Å²) in [6.45, 7) is 10.5. The van der Waals surface area contributed by atoms with E-state index in [1.54, 1.807) is 0 Å². The van der Waals surface area contributed by atoms with E-state index in [0.717, 1.165) is 19.3 Å². The van der Waals surface area contributed by atoms with Gasteiger partial charge in [0.2, 0.25) is 5.91 Å². The molecule has 1 amide bonds. The van der Waals surface area contributed by atoms with Crippen LogP contribution >= 0.6 is 0 Å². The second-order valence-electron chi connectivity index (χ2n) is 6.97. The highest BCUT2D eigenvalue weighted by molar-refractivity contribution is 5.78. The molecule has 0 aliphatic heterocycles. The van der Waals surface area contributed by atoms with Gasteiger partial charge in [0.05, 0.1) is 6.10 Å². The van der Waals surface area contributed by atoms with Crippen LogP contribution in [0.3, 0.4) is 0 Å². The van der Waals surface area contributed by atoms with Crippen molar-refractivity contribution in [3.8, 4) is 0 Å². The van der Waals surface area contributed by atoms with Crippen LogP contribution in [0, 0.1) is 11.3 Å². The van der Waals surface area contributed by atoms with Gasteiger partial charge in [0, 0.05) is 18.5 Å². The van der Waals surface area contributed by atoms with Crippen molar-refractivity contribution >= 4 is 5.91 Å². The number of aliphatic hydroxyl groups excluding tert-OH is 1. The summed E-state index contributed by atoms with van der Waals surface area (Å²) in [7, 11) is 0. The molecule has 0 heterocycles. The number of nitrogens with two attached hydrogens (primary N) is 1. The summed E-state index contributed by atoms with van der Waals surface area (Å²) < 4.78 is 0. The van der Waals surface area contributed by atoms with Crippen molar-refractivity contribution in [3.05, 3.63) is 0 Å². The molecule has 0 aliphatic rings. The lowest BCUT2D eigenvalue weighted by atomic mass is 9.89. The Kier molecular flexibility index (Phi) is 8.26. The lowest BCUT2D eigenvalue weighted by Gasteiger charge is -2.23. The Labute approximate surface area is 118 Å². The highest BCUT2D eigenvalue weighted by Gasteiger charge is 2.18. The topological polar surface area (TPSA) is 75.4 Å². The molecule has 114 valence electrons. The minimum Gasteiger partial charge on any atom is -0.391 e. The molecule has 0 saturated carbocycles. The Bertz CT molecular complexity index is 259. The van der Waals surface area contributed by atoms with Crippen molar-refractivity contribution in [2.75, 3.05) is 6.54 Å². The molecule has 0 spiro atoms. The fourth-order valence-electron chi connectivity index (χ4n) is 2.05. The number of hydrogen-bond donors (Lipinski definition) is 3. The predicted octanol–water partition coefficient (Wildman–Crippen LogP) is 2.05. The third-order valence-electron chi connectivity index (χ3n) is 3.10. The van der Waals surface area contributed by atoms with Crippen LogP contribution in [-0.4, -0.2) is 29.7 Å². The normalized spacial score (nSPS) is 16.8. The van der Waals surface area contributed by atoms with Crippen molar-refractivity contribution in [1.82, 2.24) is 5.32 Å². The van der Waals surface area contributed by atoms with Crippen LogP contribution in [0.4, 0.5) is 0 Å². The quantitative estimate of drug-likeness (QED) is 0.633. The van der Waals surface area contributed by atoms with E-state index >= 15 is 0 Å². The maximum atomic E-state index is 11.8. The van der Waals surface area contributed by atoms with Gasteiger partial charge in [0.15, 0.2) is 0 Å². The minimum atomic E-state index is -0.472. The summed E-state index contributed by atoms with van der Waals surface area (Å²) in [5.41, 5.74) is 5.75. The number of carbonyl (C=O) groups is 1. The summed E-state index contributed by atoms with van der Waals surface area (Å²) in [6, 6.07) is 0.198. The first kappa shape index (κ1) is 18.4. The molecule has 4 N–H and O–H groups in total. The summed E-state index contributed by atoms with van der Waals surface area (Å²) in [5.74, 6) is 0.0122. The Morgan fingerprint density at radius 3 is 2.32 bits per heavy atom. The van der Waals surface area contributed by atoms with Crippen molar-refractivity contribution in [1.29, 1.82) is 0 Å². The van der Waals surface area contributed by atoms with Crippen molar-refractivity contribution in [2.24, 2.45) is 17.1 Å².